The SMILES string of the molecule is Clc1ccc(N2CCN(c3nc4ccccc4s3)CC2)cc1. The van der Waals surface area contributed by atoms with E-state index < -0.39 is 0 Å². The Hall–Kier alpha value is -1.78. The normalized spacial score (nSPS) is 15.5. The zero-order valence-electron chi connectivity index (χ0n) is 12.1. The summed E-state index contributed by atoms with van der Waals surface area (Å²) in [6.07, 6.45) is 0. The van der Waals surface area contributed by atoms with E-state index in [2.05, 4.69) is 40.1 Å². The maximum atomic E-state index is 5.96. The van der Waals surface area contributed by atoms with Gasteiger partial charge in [-0.05, 0) is 36.4 Å². The smallest absolute Gasteiger partial charge is 0.186 e. The van der Waals surface area contributed by atoms with E-state index in [0.717, 1.165) is 41.8 Å². The molecule has 1 fully saturated rings. The molecular formula is C17H16ClN3S. The highest BCUT2D eigenvalue weighted by atomic mass is 35.5. The molecule has 1 aliphatic heterocycles. The van der Waals surface area contributed by atoms with Crippen molar-refractivity contribution in [2.75, 3.05) is 36.0 Å². The second-order valence-electron chi connectivity index (χ2n) is 5.41. The Morgan fingerprint density at radius 2 is 1.55 bits per heavy atom. The molecule has 3 nitrogen and oxygen atoms in total. The fourth-order valence-electron chi connectivity index (χ4n) is 2.80. The second-order valence-corrected chi connectivity index (χ2v) is 6.86. The van der Waals surface area contributed by atoms with Crippen molar-refractivity contribution in [2.45, 2.75) is 0 Å². The van der Waals surface area contributed by atoms with Gasteiger partial charge in [0, 0.05) is 36.9 Å². The number of nitrogens with zero attached hydrogens (tertiary/aromatic N) is 3. The zero-order chi connectivity index (χ0) is 14.9. The molecule has 0 unspecified atom stereocenters. The Kier molecular flexibility index (Phi) is 3.64. The van der Waals surface area contributed by atoms with Crippen molar-refractivity contribution in [1.29, 1.82) is 0 Å². The molecule has 0 bridgehead atoms. The molecule has 3 aromatic rings. The topological polar surface area (TPSA) is 19.4 Å². The highest BCUT2D eigenvalue weighted by Crippen LogP contribution is 2.29. The number of fused-ring (bicyclic) bond motifs is 1. The van der Waals surface area contributed by atoms with Crippen LogP contribution in [-0.2, 0) is 0 Å². The van der Waals surface area contributed by atoms with Crippen LogP contribution in [0.2, 0.25) is 5.02 Å². The predicted molar refractivity (Wildman–Crippen MR) is 95.5 cm³/mol. The van der Waals surface area contributed by atoms with E-state index >= 15 is 0 Å². The molecule has 0 aliphatic carbocycles. The summed E-state index contributed by atoms with van der Waals surface area (Å²) >= 11 is 7.74. The summed E-state index contributed by atoms with van der Waals surface area (Å²) < 4.78 is 1.26. The minimum Gasteiger partial charge on any atom is -0.368 e. The maximum Gasteiger partial charge on any atom is 0.186 e. The molecule has 0 spiro atoms. The molecule has 0 amide bonds. The number of para-hydroxylation sites is 1. The largest absolute Gasteiger partial charge is 0.368 e. The molecule has 0 atom stereocenters. The summed E-state index contributed by atoms with van der Waals surface area (Å²) in [6, 6.07) is 16.4. The maximum absolute atomic E-state index is 5.96. The van der Waals surface area contributed by atoms with Crippen molar-refractivity contribution >= 4 is 44.0 Å². The fraction of sp³-hybridized carbons (Fsp3) is 0.235. The minimum absolute atomic E-state index is 0.789. The third-order valence-corrected chi connectivity index (χ3v) is 5.37. The Morgan fingerprint density at radius 1 is 0.864 bits per heavy atom. The van der Waals surface area contributed by atoms with Crippen LogP contribution in [0.3, 0.4) is 0 Å². The summed E-state index contributed by atoms with van der Waals surface area (Å²) in [7, 11) is 0. The van der Waals surface area contributed by atoms with Crippen LogP contribution >= 0.6 is 22.9 Å². The summed E-state index contributed by atoms with van der Waals surface area (Å²) in [5, 5.41) is 1.92. The molecule has 0 N–H and O–H groups in total. The Morgan fingerprint density at radius 3 is 2.27 bits per heavy atom. The first kappa shape index (κ1) is 13.9. The first-order chi connectivity index (χ1) is 10.8. The summed E-state index contributed by atoms with van der Waals surface area (Å²) in [6.45, 7) is 4.03. The lowest BCUT2D eigenvalue weighted by molar-refractivity contribution is 0.652. The van der Waals surface area contributed by atoms with Crippen LogP contribution in [0.5, 0.6) is 0 Å². The molecule has 5 heteroatoms. The molecule has 2 aromatic carbocycles. The van der Waals surface area contributed by atoms with Crippen LogP contribution in [0.1, 0.15) is 0 Å². The van der Waals surface area contributed by atoms with E-state index in [-0.39, 0.29) is 0 Å². The zero-order valence-corrected chi connectivity index (χ0v) is 13.6. The van der Waals surface area contributed by atoms with Crippen molar-refractivity contribution in [3.63, 3.8) is 0 Å². The van der Waals surface area contributed by atoms with Gasteiger partial charge in [-0.2, -0.15) is 0 Å². The molecule has 0 saturated carbocycles. The van der Waals surface area contributed by atoms with Gasteiger partial charge in [0.2, 0.25) is 0 Å². The molecule has 1 aromatic heterocycles. The van der Waals surface area contributed by atoms with Gasteiger partial charge in [-0.15, -0.1) is 0 Å². The van der Waals surface area contributed by atoms with Crippen molar-refractivity contribution < 1.29 is 0 Å². The highest BCUT2D eigenvalue weighted by molar-refractivity contribution is 7.22. The quantitative estimate of drug-likeness (QED) is 0.699. The fourth-order valence-corrected chi connectivity index (χ4v) is 3.95. The number of piperazine rings is 1. The van der Waals surface area contributed by atoms with Gasteiger partial charge in [0.05, 0.1) is 10.2 Å². The average Bonchev–Trinajstić information content (AvgIpc) is 3.00. The lowest BCUT2D eigenvalue weighted by Gasteiger charge is -2.36. The Bertz CT molecular complexity index is 743. The first-order valence-electron chi connectivity index (χ1n) is 7.41. The molecule has 22 heavy (non-hydrogen) atoms. The van der Waals surface area contributed by atoms with Gasteiger partial charge in [0.1, 0.15) is 0 Å². The summed E-state index contributed by atoms with van der Waals surface area (Å²) in [5.74, 6) is 0. The summed E-state index contributed by atoms with van der Waals surface area (Å²) in [4.78, 5) is 9.54. The van der Waals surface area contributed by atoms with Crippen LogP contribution in [0.4, 0.5) is 10.8 Å². The molecule has 112 valence electrons. The van der Waals surface area contributed by atoms with E-state index in [1.54, 1.807) is 11.3 Å². The van der Waals surface area contributed by atoms with Crippen molar-refractivity contribution in [1.82, 2.24) is 4.98 Å². The first-order valence-corrected chi connectivity index (χ1v) is 8.60. The molecule has 4 rings (SSSR count). The molecule has 1 aliphatic rings. The summed E-state index contributed by atoms with van der Waals surface area (Å²) in [5.41, 5.74) is 2.34. The number of thiazole rings is 1. The van der Waals surface area contributed by atoms with Gasteiger partial charge in [0.15, 0.2) is 5.13 Å². The molecule has 2 heterocycles. The van der Waals surface area contributed by atoms with Crippen LogP contribution in [0.15, 0.2) is 48.5 Å². The van der Waals surface area contributed by atoms with Gasteiger partial charge in [-0.25, -0.2) is 4.98 Å². The van der Waals surface area contributed by atoms with E-state index in [1.165, 1.54) is 10.4 Å². The van der Waals surface area contributed by atoms with E-state index in [4.69, 9.17) is 16.6 Å². The second kappa shape index (κ2) is 5.78. The highest BCUT2D eigenvalue weighted by Gasteiger charge is 2.19. The van der Waals surface area contributed by atoms with Crippen molar-refractivity contribution in [2.24, 2.45) is 0 Å². The van der Waals surface area contributed by atoms with Gasteiger partial charge in [-0.3, -0.25) is 0 Å². The van der Waals surface area contributed by atoms with Crippen LogP contribution in [0.25, 0.3) is 10.2 Å². The number of anilines is 2. The van der Waals surface area contributed by atoms with Gasteiger partial charge in [0.25, 0.3) is 0 Å². The van der Waals surface area contributed by atoms with Gasteiger partial charge in [-0.1, -0.05) is 35.1 Å². The van der Waals surface area contributed by atoms with E-state index in [9.17, 15) is 0 Å². The van der Waals surface area contributed by atoms with Gasteiger partial charge >= 0.3 is 0 Å². The van der Waals surface area contributed by atoms with Crippen molar-refractivity contribution in [3.8, 4) is 0 Å². The molecule has 1 saturated heterocycles. The predicted octanol–water partition coefficient (Wildman–Crippen LogP) is 4.28. The number of aromatic nitrogens is 1. The third kappa shape index (κ3) is 2.64. The number of rotatable bonds is 2. The third-order valence-electron chi connectivity index (χ3n) is 4.02. The monoisotopic (exact) mass is 329 g/mol. The number of halogens is 1. The Balaban J connectivity index is 1.48. The van der Waals surface area contributed by atoms with Gasteiger partial charge < -0.3 is 9.80 Å². The van der Waals surface area contributed by atoms with Crippen LogP contribution in [0, 0.1) is 0 Å². The van der Waals surface area contributed by atoms with Crippen LogP contribution < -0.4 is 9.80 Å². The van der Waals surface area contributed by atoms with E-state index in [1.807, 2.05) is 18.2 Å². The molecular weight excluding hydrogens is 314 g/mol. The lowest BCUT2D eigenvalue weighted by Crippen LogP contribution is -2.46. The number of hydrogen-bond acceptors (Lipinski definition) is 4. The standard InChI is InChI=1S/C17H16ClN3S/c18-13-5-7-14(8-6-13)20-9-11-21(12-10-20)17-19-15-3-1-2-4-16(15)22-17/h1-8H,9-12H2. The van der Waals surface area contributed by atoms with Crippen LogP contribution in [-0.4, -0.2) is 31.2 Å². The lowest BCUT2D eigenvalue weighted by atomic mass is 10.2. The molecule has 0 radical (unpaired) electrons. The number of benzene rings is 2. The minimum atomic E-state index is 0.789. The van der Waals surface area contributed by atoms with E-state index in [0.29, 0.717) is 0 Å². The number of hydrogen-bond donors (Lipinski definition) is 0. The average molecular weight is 330 g/mol. The van der Waals surface area contributed by atoms with Crippen molar-refractivity contribution in [3.05, 3.63) is 53.6 Å². The Labute approximate surface area is 138 Å².